The summed E-state index contributed by atoms with van der Waals surface area (Å²) in [4.78, 5) is 11.9. The van der Waals surface area contributed by atoms with Gasteiger partial charge < -0.3 is 9.84 Å². The van der Waals surface area contributed by atoms with Crippen molar-refractivity contribution in [1.29, 1.82) is 0 Å². The number of halogens is 1. The predicted molar refractivity (Wildman–Crippen MR) is 81.6 cm³/mol. The van der Waals surface area contributed by atoms with Crippen molar-refractivity contribution in [2.45, 2.75) is 32.4 Å². The molecule has 1 rings (SSSR count). The van der Waals surface area contributed by atoms with E-state index in [1.165, 1.54) is 6.20 Å². The van der Waals surface area contributed by atoms with Gasteiger partial charge in [0.15, 0.2) is 0 Å². The maximum Gasteiger partial charge on any atom is 0.289 e. The van der Waals surface area contributed by atoms with E-state index in [0.29, 0.717) is 12.2 Å². The Morgan fingerprint density at radius 1 is 1.50 bits per heavy atom. The first-order valence-electron chi connectivity index (χ1n) is 6.28. The quantitative estimate of drug-likeness (QED) is 0.509. The van der Waals surface area contributed by atoms with Gasteiger partial charge in [-0.3, -0.25) is 4.79 Å². The zero-order valence-corrected chi connectivity index (χ0v) is 13.7. The Morgan fingerprint density at radius 2 is 2.20 bits per heavy atom. The second-order valence-corrected chi connectivity index (χ2v) is 11.5. The summed E-state index contributed by atoms with van der Waals surface area (Å²) >= 11 is 5.91. The van der Waals surface area contributed by atoms with E-state index in [2.05, 4.69) is 36.6 Å². The monoisotopic (exact) mass is 314 g/mol. The van der Waals surface area contributed by atoms with Gasteiger partial charge in [0, 0.05) is 14.7 Å². The Labute approximate surface area is 124 Å². The summed E-state index contributed by atoms with van der Waals surface area (Å²) < 4.78 is 6.62. The average Bonchev–Trinajstić information content (AvgIpc) is 2.37. The minimum atomic E-state index is -1.14. The van der Waals surface area contributed by atoms with E-state index in [1.54, 1.807) is 0 Å². The third-order valence-corrected chi connectivity index (χ3v) is 4.57. The van der Waals surface area contributed by atoms with Crippen molar-refractivity contribution < 1.29 is 9.84 Å². The molecule has 0 atom stereocenters. The fraction of sp³-hybridized carbons (Fsp3) is 0.538. The zero-order chi connectivity index (χ0) is 15.2. The van der Waals surface area contributed by atoms with Crippen LogP contribution in [0.4, 0.5) is 0 Å². The van der Waals surface area contributed by atoms with Crippen molar-refractivity contribution in [2.75, 3.05) is 13.2 Å². The summed E-state index contributed by atoms with van der Waals surface area (Å²) in [5.41, 5.74) is -0.131. The summed E-state index contributed by atoms with van der Waals surface area (Å²) in [6.07, 6.45) is 1.40. The van der Waals surface area contributed by atoms with Gasteiger partial charge >= 0.3 is 0 Å². The Hall–Kier alpha value is -1.13. The number of aromatic nitrogens is 2. The second-order valence-electron chi connectivity index (χ2n) is 5.48. The van der Waals surface area contributed by atoms with Crippen LogP contribution in [0.5, 0.6) is 0 Å². The highest BCUT2D eigenvalue weighted by Gasteiger charge is 2.12. The Bertz CT molecular complexity index is 570. The summed E-state index contributed by atoms with van der Waals surface area (Å²) in [6.45, 7) is 7.16. The van der Waals surface area contributed by atoms with E-state index in [-0.39, 0.29) is 18.4 Å². The molecule has 0 aliphatic heterocycles. The topological polar surface area (TPSA) is 64.3 Å². The number of aliphatic hydroxyl groups excluding tert-OH is 1. The highest BCUT2D eigenvalue weighted by atomic mass is 35.5. The SMILES string of the molecule is C[Si](C)(C)CCOCn1ncc(C#CCO)c(Cl)c1=O. The van der Waals surface area contributed by atoms with Crippen molar-refractivity contribution in [2.24, 2.45) is 0 Å². The molecule has 20 heavy (non-hydrogen) atoms. The molecule has 110 valence electrons. The number of aliphatic hydroxyl groups is 1. The third kappa shape index (κ3) is 5.47. The molecule has 1 N–H and O–H groups in total. The van der Waals surface area contributed by atoms with Crippen LogP contribution in [0.15, 0.2) is 11.0 Å². The van der Waals surface area contributed by atoms with Crippen LogP contribution in [0.25, 0.3) is 0 Å². The molecule has 0 saturated carbocycles. The molecule has 0 aliphatic rings. The lowest BCUT2D eigenvalue weighted by Crippen LogP contribution is -2.27. The van der Waals surface area contributed by atoms with Crippen molar-refractivity contribution in [3.05, 3.63) is 27.1 Å². The molecule has 7 heteroatoms. The summed E-state index contributed by atoms with van der Waals surface area (Å²) in [6, 6.07) is 1.02. The fourth-order valence-corrected chi connectivity index (χ4v) is 2.26. The number of rotatable bonds is 5. The minimum Gasteiger partial charge on any atom is -0.384 e. The van der Waals surface area contributed by atoms with E-state index in [4.69, 9.17) is 21.4 Å². The molecule has 0 spiro atoms. The Kier molecular flexibility index (Phi) is 6.43. The number of ether oxygens (including phenoxy) is 1. The smallest absolute Gasteiger partial charge is 0.289 e. The third-order valence-electron chi connectivity index (χ3n) is 2.50. The summed E-state index contributed by atoms with van der Waals surface area (Å²) in [7, 11) is -1.14. The van der Waals surface area contributed by atoms with Crippen LogP contribution in [0.3, 0.4) is 0 Å². The number of hydrogen-bond acceptors (Lipinski definition) is 4. The molecule has 0 radical (unpaired) electrons. The van der Waals surface area contributed by atoms with Crippen molar-refractivity contribution in [1.82, 2.24) is 9.78 Å². The minimum absolute atomic E-state index is 0.00486. The molecule has 0 saturated heterocycles. The lowest BCUT2D eigenvalue weighted by Gasteiger charge is -2.15. The first kappa shape index (κ1) is 16.9. The molecule has 0 fully saturated rings. The van der Waals surface area contributed by atoms with Gasteiger partial charge in [0.25, 0.3) is 5.56 Å². The second kappa shape index (κ2) is 7.60. The van der Waals surface area contributed by atoms with E-state index >= 15 is 0 Å². The molecule has 0 amide bonds. The van der Waals surface area contributed by atoms with Crippen LogP contribution < -0.4 is 5.56 Å². The van der Waals surface area contributed by atoms with Gasteiger partial charge in [0.05, 0.1) is 11.8 Å². The van der Waals surface area contributed by atoms with Crippen molar-refractivity contribution in [3.63, 3.8) is 0 Å². The van der Waals surface area contributed by atoms with E-state index < -0.39 is 13.6 Å². The van der Waals surface area contributed by atoms with Crippen LogP contribution in [0, 0.1) is 11.8 Å². The van der Waals surface area contributed by atoms with Gasteiger partial charge in [-0.05, 0) is 6.04 Å². The average molecular weight is 315 g/mol. The van der Waals surface area contributed by atoms with Gasteiger partial charge in [-0.1, -0.05) is 43.1 Å². The van der Waals surface area contributed by atoms with Gasteiger partial charge in [-0.2, -0.15) is 5.10 Å². The largest absolute Gasteiger partial charge is 0.384 e. The molecule has 1 aromatic heterocycles. The fourth-order valence-electron chi connectivity index (χ4n) is 1.31. The zero-order valence-electron chi connectivity index (χ0n) is 11.9. The van der Waals surface area contributed by atoms with Gasteiger partial charge in [0.2, 0.25) is 0 Å². The lowest BCUT2D eigenvalue weighted by atomic mass is 10.3. The van der Waals surface area contributed by atoms with E-state index in [1.807, 2.05) is 0 Å². The molecule has 0 unspecified atom stereocenters. The standard InChI is InChI=1S/C13H19ClN2O3Si/c1-20(2,3)8-7-19-10-16-13(18)12(14)11(9-15-16)5-4-6-17/h9,17H,6-8,10H2,1-3H3. The van der Waals surface area contributed by atoms with Crippen molar-refractivity contribution >= 4 is 19.7 Å². The van der Waals surface area contributed by atoms with Crippen LogP contribution in [0.1, 0.15) is 5.56 Å². The normalized spacial score (nSPS) is 11.1. The Balaban J connectivity index is 2.69. The van der Waals surface area contributed by atoms with Gasteiger partial charge in [-0.15, -0.1) is 0 Å². The number of hydrogen-bond donors (Lipinski definition) is 1. The lowest BCUT2D eigenvalue weighted by molar-refractivity contribution is 0.0749. The summed E-state index contributed by atoms with van der Waals surface area (Å²) in [5.74, 6) is 5.00. The van der Waals surface area contributed by atoms with Crippen LogP contribution >= 0.6 is 11.6 Å². The summed E-state index contributed by atoms with van der Waals surface area (Å²) in [5, 5.41) is 12.6. The molecule has 0 bridgehead atoms. The molecule has 1 heterocycles. The van der Waals surface area contributed by atoms with E-state index in [9.17, 15) is 4.79 Å². The first-order valence-corrected chi connectivity index (χ1v) is 10.4. The maximum atomic E-state index is 11.9. The van der Waals surface area contributed by atoms with E-state index in [0.717, 1.165) is 10.7 Å². The van der Waals surface area contributed by atoms with Gasteiger partial charge in [0.1, 0.15) is 18.4 Å². The van der Waals surface area contributed by atoms with Crippen molar-refractivity contribution in [3.8, 4) is 11.8 Å². The molecular weight excluding hydrogens is 296 g/mol. The van der Waals surface area contributed by atoms with Gasteiger partial charge in [-0.25, -0.2) is 4.68 Å². The first-order chi connectivity index (χ1) is 9.35. The molecule has 1 aromatic rings. The molecule has 5 nitrogen and oxygen atoms in total. The van der Waals surface area contributed by atoms with Crippen LogP contribution in [0.2, 0.25) is 30.7 Å². The maximum absolute atomic E-state index is 11.9. The number of nitrogens with zero attached hydrogens (tertiary/aromatic N) is 2. The van der Waals surface area contributed by atoms with Crippen LogP contribution in [-0.4, -0.2) is 36.2 Å². The highest BCUT2D eigenvalue weighted by molar-refractivity contribution is 6.76. The highest BCUT2D eigenvalue weighted by Crippen LogP contribution is 2.09. The molecule has 0 aromatic carbocycles. The Morgan fingerprint density at radius 3 is 2.80 bits per heavy atom. The molecular formula is C13H19ClN2O3Si. The predicted octanol–water partition coefficient (Wildman–Crippen LogP) is 1.55. The molecule has 0 aliphatic carbocycles. The van der Waals surface area contributed by atoms with Crippen LogP contribution in [-0.2, 0) is 11.5 Å².